The van der Waals surface area contributed by atoms with Gasteiger partial charge in [0.25, 0.3) is 0 Å². The van der Waals surface area contributed by atoms with Crippen molar-refractivity contribution in [3.05, 3.63) is 0 Å². The zero-order valence-corrected chi connectivity index (χ0v) is 13.6. The van der Waals surface area contributed by atoms with Gasteiger partial charge in [-0.1, -0.05) is 13.8 Å². The van der Waals surface area contributed by atoms with Gasteiger partial charge in [0.2, 0.25) is 0 Å². The number of hydrogen-bond donors (Lipinski definition) is 2. The number of hydrogen-bond acceptors (Lipinski definition) is 2. The van der Waals surface area contributed by atoms with Gasteiger partial charge in [-0.15, -0.1) is 0 Å². The molecule has 19 heavy (non-hydrogen) atoms. The lowest BCUT2D eigenvalue weighted by Crippen LogP contribution is -2.42. The summed E-state index contributed by atoms with van der Waals surface area (Å²) in [6.07, 6.45) is 1.25. The maximum Gasteiger partial charge on any atom is 0.193 e. The molecule has 0 bridgehead atoms. The summed E-state index contributed by atoms with van der Waals surface area (Å²) in [7, 11) is 0. The summed E-state index contributed by atoms with van der Waals surface area (Å²) in [6.45, 7) is 18.3. The van der Waals surface area contributed by atoms with Crippen molar-refractivity contribution in [2.24, 2.45) is 10.4 Å². The number of likely N-dealkylation sites (tertiary alicyclic amines) is 1. The molecule has 0 radical (unpaired) electrons. The van der Waals surface area contributed by atoms with Crippen LogP contribution in [0.1, 0.15) is 48.0 Å². The molecule has 0 saturated carbocycles. The molecule has 112 valence electrons. The first-order valence-corrected chi connectivity index (χ1v) is 7.52. The third kappa shape index (κ3) is 6.28. The third-order valence-corrected chi connectivity index (χ3v) is 3.34. The highest BCUT2D eigenvalue weighted by Crippen LogP contribution is 2.28. The third-order valence-electron chi connectivity index (χ3n) is 3.34. The van der Waals surface area contributed by atoms with E-state index in [1.54, 1.807) is 0 Å². The van der Waals surface area contributed by atoms with E-state index in [1.165, 1.54) is 6.42 Å². The fourth-order valence-corrected chi connectivity index (χ4v) is 2.31. The van der Waals surface area contributed by atoms with Crippen molar-refractivity contribution in [3.63, 3.8) is 0 Å². The van der Waals surface area contributed by atoms with Crippen LogP contribution in [0.25, 0.3) is 0 Å². The molecule has 1 aliphatic rings. The molecule has 0 atom stereocenters. The Morgan fingerprint density at radius 1 is 1.32 bits per heavy atom. The van der Waals surface area contributed by atoms with Crippen LogP contribution in [0.2, 0.25) is 0 Å². The van der Waals surface area contributed by atoms with E-state index >= 15 is 0 Å². The Balaban J connectivity index is 2.48. The van der Waals surface area contributed by atoms with E-state index in [0.29, 0.717) is 5.41 Å². The first-order valence-electron chi connectivity index (χ1n) is 7.52. The van der Waals surface area contributed by atoms with Crippen LogP contribution in [0.3, 0.4) is 0 Å². The molecular weight excluding hydrogens is 236 g/mol. The second-order valence-electron chi connectivity index (χ2n) is 7.25. The Labute approximate surface area is 119 Å². The zero-order valence-electron chi connectivity index (χ0n) is 13.6. The maximum absolute atomic E-state index is 4.73. The van der Waals surface area contributed by atoms with Crippen molar-refractivity contribution in [2.45, 2.75) is 53.5 Å². The fraction of sp³-hybridized carbons (Fsp3) is 0.933. The van der Waals surface area contributed by atoms with E-state index in [9.17, 15) is 0 Å². The molecule has 1 heterocycles. The summed E-state index contributed by atoms with van der Waals surface area (Å²) in [4.78, 5) is 7.12. The predicted molar refractivity (Wildman–Crippen MR) is 83.7 cm³/mol. The summed E-state index contributed by atoms with van der Waals surface area (Å²) in [6, 6.07) is 0. The Hall–Kier alpha value is -0.770. The fourth-order valence-electron chi connectivity index (χ4n) is 2.31. The van der Waals surface area contributed by atoms with Crippen molar-refractivity contribution in [2.75, 3.05) is 32.7 Å². The van der Waals surface area contributed by atoms with Gasteiger partial charge in [-0.3, -0.25) is 4.99 Å². The molecule has 0 aromatic heterocycles. The van der Waals surface area contributed by atoms with Gasteiger partial charge in [0.1, 0.15) is 0 Å². The average Bonchev–Trinajstić information content (AvgIpc) is 2.62. The Morgan fingerprint density at radius 2 is 2.00 bits per heavy atom. The van der Waals surface area contributed by atoms with Crippen LogP contribution in [0, 0.1) is 5.41 Å². The Morgan fingerprint density at radius 3 is 2.47 bits per heavy atom. The molecule has 0 unspecified atom stereocenters. The second-order valence-corrected chi connectivity index (χ2v) is 7.25. The summed E-state index contributed by atoms with van der Waals surface area (Å²) >= 11 is 0. The Bertz CT molecular complexity index is 302. The number of aliphatic imine (C=N–C) groups is 1. The van der Waals surface area contributed by atoms with Gasteiger partial charge in [0.15, 0.2) is 5.96 Å². The van der Waals surface area contributed by atoms with Crippen molar-refractivity contribution in [1.29, 1.82) is 0 Å². The SMILES string of the molecule is CCNC(=NCCNC(C)(C)C)N1CCC(C)(C)C1. The molecule has 1 saturated heterocycles. The molecule has 1 fully saturated rings. The van der Waals surface area contributed by atoms with Crippen molar-refractivity contribution in [3.8, 4) is 0 Å². The van der Waals surface area contributed by atoms with Crippen LogP contribution in [0.5, 0.6) is 0 Å². The second kappa shape index (κ2) is 6.60. The summed E-state index contributed by atoms with van der Waals surface area (Å²) < 4.78 is 0. The minimum Gasteiger partial charge on any atom is -0.357 e. The maximum atomic E-state index is 4.73. The van der Waals surface area contributed by atoms with Gasteiger partial charge in [0, 0.05) is 31.7 Å². The standard InChI is InChI=1S/C15H32N4/c1-7-16-13(17-9-10-18-14(2,3)4)19-11-8-15(5,6)12-19/h18H,7-12H2,1-6H3,(H,16,17). The molecule has 0 aromatic carbocycles. The number of nitrogens with zero attached hydrogens (tertiary/aromatic N) is 2. The monoisotopic (exact) mass is 268 g/mol. The minimum absolute atomic E-state index is 0.170. The topological polar surface area (TPSA) is 39.7 Å². The summed E-state index contributed by atoms with van der Waals surface area (Å²) in [5.41, 5.74) is 0.587. The molecule has 4 heteroatoms. The highest BCUT2D eigenvalue weighted by atomic mass is 15.3. The highest BCUT2D eigenvalue weighted by molar-refractivity contribution is 5.80. The lowest BCUT2D eigenvalue weighted by molar-refractivity contribution is 0.369. The van der Waals surface area contributed by atoms with Crippen molar-refractivity contribution in [1.82, 2.24) is 15.5 Å². The van der Waals surface area contributed by atoms with Gasteiger partial charge in [-0.05, 0) is 39.5 Å². The van der Waals surface area contributed by atoms with Crippen LogP contribution in [-0.2, 0) is 0 Å². The van der Waals surface area contributed by atoms with Crippen LogP contribution in [0.4, 0.5) is 0 Å². The predicted octanol–water partition coefficient (Wildman–Crippen LogP) is 2.07. The van der Waals surface area contributed by atoms with Crippen LogP contribution < -0.4 is 10.6 Å². The highest BCUT2D eigenvalue weighted by Gasteiger charge is 2.30. The first-order chi connectivity index (χ1) is 8.73. The normalized spacial score (nSPS) is 19.9. The smallest absolute Gasteiger partial charge is 0.193 e. The number of rotatable bonds is 4. The molecule has 1 aliphatic heterocycles. The van der Waals surface area contributed by atoms with Crippen LogP contribution >= 0.6 is 0 Å². The van der Waals surface area contributed by atoms with Gasteiger partial charge in [0.05, 0.1) is 6.54 Å². The molecule has 2 N–H and O–H groups in total. The number of nitrogens with one attached hydrogen (secondary N) is 2. The van der Waals surface area contributed by atoms with E-state index in [2.05, 4.69) is 57.1 Å². The molecular formula is C15H32N4. The zero-order chi connectivity index (χ0) is 14.5. The van der Waals surface area contributed by atoms with E-state index in [0.717, 1.165) is 38.7 Å². The average molecular weight is 268 g/mol. The quantitative estimate of drug-likeness (QED) is 0.466. The number of guanidine groups is 1. The molecule has 1 rings (SSSR count). The summed E-state index contributed by atoms with van der Waals surface area (Å²) in [5.74, 6) is 1.07. The van der Waals surface area contributed by atoms with E-state index in [4.69, 9.17) is 4.99 Å². The van der Waals surface area contributed by atoms with Crippen LogP contribution in [-0.4, -0.2) is 49.1 Å². The largest absolute Gasteiger partial charge is 0.357 e. The molecule has 0 spiro atoms. The van der Waals surface area contributed by atoms with Crippen LogP contribution in [0.15, 0.2) is 4.99 Å². The van der Waals surface area contributed by atoms with Gasteiger partial charge in [-0.2, -0.15) is 0 Å². The molecule has 0 aliphatic carbocycles. The molecule has 0 aromatic rings. The van der Waals surface area contributed by atoms with E-state index in [1.807, 2.05) is 0 Å². The van der Waals surface area contributed by atoms with E-state index < -0.39 is 0 Å². The van der Waals surface area contributed by atoms with E-state index in [-0.39, 0.29) is 5.54 Å². The summed E-state index contributed by atoms with van der Waals surface area (Å²) in [5, 5.41) is 6.88. The minimum atomic E-state index is 0.170. The lowest BCUT2D eigenvalue weighted by Gasteiger charge is -2.24. The first kappa shape index (κ1) is 16.3. The molecule has 4 nitrogen and oxygen atoms in total. The van der Waals surface area contributed by atoms with Gasteiger partial charge in [-0.25, -0.2) is 0 Å². The van der Waals surface area contributed by atoms with Crippen molar-refractivity contribution < 1.29 is 0 Å². The Kier molecular flexibility index (Phi) is 5.65. The van der Waals surface area contributed by atoms with Crippen molar-refractivity contribution >= 4 is 5.96 Å². The van der Waals surface area contributed by atoms with Gasteiger partial charge < -0.3 is 15.5 Å². The molecule has 0 amide bonds. The lowest BCUT2D eigenvalue weighted by atomic mass is 9.93. The van der Waals surface area contributed by atoms with Gasteiger partial charge >= 0.3 is 0 Å².